The van der Waals surface area contributed by atoms with Gasteiger partial charge in [0.1, 0.15) is 5.60 Å². The lowest BCUT2D eigenvalue weighted by atomic mass is 9.80. The second kappa shape index (κ2) is 35.2. The van der Waals surface area contributed by atoms with E-state index in [2.05, 4.69) is 43.3 Å². The molecule has 0 bridgehead atoms. The first-order chi connectivity index (χ1) is 28.4. The predicted octanol–water partition coefficient (Wildman–Crippen LogP) is 8.29. The molecule has 0 unspecified atom stereocenters. The van der Waals surface area contributed by atoms with E-state index in [9.17, 15) is 0 Å². The van der Waals surface area contributed by atoms with E-state index >= 15 is 0 Å². The second-order valence-electron chi connectivity index (χ2n) is 13.6. The van der Waals surface area contributed by atoms with Crippen LogP contribution in [0.2, 0.25) is 0 Å². The van der Waals surface area contributed by atoms with Gasteiger partial charge in [-0.15, -0.1) is 0 Å². The molecule has 57 heavy (non-hydrogen) atoms. The molecule has 0 aliphatic heterocycles. The Kier molecular flexibility index (Phi) is 30.1. The van der Waals surface area contributed by atoms with E-state index in [0.717, 1.165) is 29.7 Å². The average molecular weight is 797 g/mol. The van der Waals surface area contributed by atoms with Gasteiger partial charge in [0.25, 0.3) is 0 Å². The van der Waals surface area contributed by atoms with Gasteiger partial charge in [0.15, 0.2) is 0 Å². The summed E-state index contributed by atoms with van der Waals surface area (Å²) in [6.45, 7) is 12.4. The topological polar surface area (TPSA) is 92.3 Å². The fourth-order valence-corrected chi connectivity index (χ4v) is 6.22. The van der Waals surface area contributed by atoms with Crippen LogP contribution in [0, 0.1) is 0 Å². The SMILES string of the molecule is CCCCCCCCCCOCCOCCOCCOCCOCCOCCOCCOCCOCCOC(c1ccccc1)(c1ccccc1)c1ccccc1. The zero-order valence-corrected chi connectivity index (χ0v) is 34.8. The highest BCUT2D eigenvalue weighted by molar-refractivity contribution is 5.47. The van der Waals surface area contributed by atoms with Crippen molar-refractivity contribution in [2.45, 2.75) is 63.9 Å². The van der Waals surface area contributed by atoms with Crippen LogP contribution >= 0.6 is 0 Å². The summed E-state index contributed by atoms with van der Waals surface area (Å²) in [4.78, 5) is 0. The maximum absolute atomic E-state index is 6.74. The summed E-state index contributed by atoms with van der Waals surface area (Å²) in [6.07, 6.45) is 10.5. The molecule has 0 amide bonds. The summed E-state index contributed by atoms with van der Waals surface area (Å²) in [5.74, 6) is 0. The number of rotatable bonds is 40. The van der Waals surface area contributed by atoms with Gasteiger partial charge in [0.2, 0.25) is 0 Å². The molecule has 0 atom stereocenters. The van der Waals surface area contributed by atoms with Crippen LogP contribution in [0.25, 0.3) is 0 Å². The first kappa shape index (κ1) is 48.6. The maximum atomic E-state index is 6.74. The first-order valence-electron chi connectivity index (χ1n) is 21.4. The van der Waals surface area contributed by atoms with Crippen LogP contribution in [0.15, 0.2) is 91.0 Å². The third-order valence-corrected chi connectivity index (χ3v) is 9.21. The van der Waals surface area contributed by atoms with Gasteiger partial charge in [0.05, 0.1) is 119 Å². The predicted molar refractivity (Wildman–Crippen MR) is 225 cm³/mol. The fraction of sp³-hybridized carbons (Fsp3) is 0.617. The van der Waals surface area contributed by atoms with Gasteiger partial charge in [-0.05, 0) is 23.1 Å². The van der Waals surface area contributed by atoms with Crippen molar-refractivity contribution in [1.29, 1.82) is 0 Å². The minimum atomic E-state index is -0.748. The van der Waals surface area contributed by atoms with Crippen LogP contribution in [0.1, 0.15) is 75.0 Å². The highest BCUT2D eigenvalue weighted by Crippen LogP contribution is 2.40. The molecule has 0 radical (unpaired) electrons. The molecule has 0 aliphatic rings. The van der Waals surface area contributed by atoms with E-state index in [1.165, 1.54) is 44.9 Å². The molecule has 0 saturated carbocycles. The normalized spacial score (nSPS) is 11.7. The third-order valence-electron chi connectivity index (χ3n) is 9.21. The minimum Gasteiger partial charge on any atom is -0.379 e. The largest absolute Gasteiger partial charge is 0.379 e. The molecule has 0 N–H and O–H groups in total. The molecule has 0 fully saturated rings. The Morgan fingerprint density at radius 3 is 0.825 bits per heavy atom. The Bertz CT molecular complexity index is 1170. The molecule has 0 aromatic heterocycles. The van der Waals surface area contributed by atoms with Gasteiger partial charge < -0.3 is 47.4 Å². The van der Waals surface area contributed by atoms with Crippen LogP contribution in [0.3, 0.4) is 0 Å². The molecule has 0 spiro atoms. The summed E-state index contributed by atoms with van der Waals surface area (Å²) < 4.78 is 57.3. The lowest BCUT2D eigenvalue weighted by molar-refractivity contribution is -0.0399. The molecule has 320 valence electrons. The number of hydrogen-bond donors (Lipinski definition) is 0. The summed E-state index contributed by atoms with van der Waals surface area (Å²) in [5.41, 5.74) is 2.47. The van der Waals surface area contributed by atoms with Crippen molar-refractivity contribution in [3.05, 3.63) is 108 Å². The van der Waals surface area contributed by atoms with Gasteiger partial charge in [-0.25, -0.2) is 0 Å². The van der Waals surface area contributed by atoms with Crippen molar-refractivity contribution in [3.8, 4) is 0 Å². The number of benzene rings is 3. The molecule has 0 aliphatic carbocycles. The quantitative estimate of drug-likeness (QED) is 0.0414. The number of hydrogen-bond acceptors (Lipinski definition) is 10. The first-order valence-corrected chi connectivity index (χ1v) is 21.4. The molecule has 0 saturated heterocycles. The smallest absolute Gasteiger partial charge is 0.143 e. The molecule has 3 rings (SSSR count). The van der Waals surface area contributed by atoms with Gasteiger partial charge in [0, 0.05) is 6.61 Å². The number of ether oxygens (including phenoxy) is 10. The van der Waals surface area contributed by atoms with Gasteiger partial charge in [-0.1, -0.05) is 143 Å². The van der Waals surface area contributed by atoms with Crippen LogP contribution in [-0.4, -0.2) is 126 Å². The van der Waals surface area contributed by atoms with Gasteiger partial charge in [-0.3, -0.25) is 0 Å². The van der Waals surface area contributed by atoms with Gasteiger partial charge in [-0.2, -0.15) is 0 Å². The Labute approximate surface area is 343 Å². The van der Waals surface area contributed by atoms with Crippen molar-refractivity contribution in [1.82, 2.24) is 0 Å². The van der Waals surface area contributed by atoms with E-state index in [0.29, 0.717) is 119 Å². The Morgan fingerprint density at radius 2 is 0.526 bits per heavy atom. The molecule has 3 aromatic rings. The monoisotopic (exact) mass is 797 g/mol. The van der Waals surface area contributed by atoms with E-state index in [1.54, 1.807) is 0 Å². The molecular weight excluding hydrogens is 725 g/mol. The summed E-state index contributed by atoms with van der Waals surface area (Å²) >= 11 is 0. The van der Waals surface area contributed by atoms with E-state index in [-0.39, 0.29) is 0 Å². The maximum Gasteiger partial charge on any atom is 0.143 e. The standard InChI is InChI=1S/C47H72O10/c1-2-3-4-5-6-7-8-18-25-48-26-27-49-28-29-50-30-31-51-32-33-52-34-35-53-36-37-54-38-39-55-40-41-56-42-43-57-47(44-19-12-9-13-20-44,45-21-14-10-15-22-45)46-23-16-11-17-24-46/h9-17,19-24H,2-8,18,25-43H2,1H3. The molecule has 10 heteroatoms. The average Bonchev–Trinajstić information content (AvgIpc) is 3.26. The highest BCUT2D eigenvalue weighted by atomic mass is 16.6. The Morgan fingerprint density at radius 1 is 0.281 bits per heavy atom. The van der Waals surface area contributed by atoms with Crippen LogP contribution in [0.4, 0.5) is 0 Å². The van der Waals surface area contributed by atoms with Crippen LogP contribution in [0.5, 0.6) is 0 Å². The van der Waals surface area contributed by atoms with Crippen LogP contribution < -0.4 is 0 Å². The van der Waals surface area contributed by atoms with E-state index in [4.69, 9.17) is 47.4 Å². The fourth-order valence-electron chi connectivity index (χ4n) is 6.22. The molecule has 0 heterocycles. The second-order valence-corrected chi connectivity index (χ2v) is 13.6. The van der Waals surface area contributed by atoms with E-state index < -0.39 is 5.60 Å². The van der Waals surface area contributed by atoms with Crippen molar-refractivity contribution < 1.29 is 47.4 Å². The summed E-state index contributed by atoms with van der Waals surface area (Å²) in [7, 11) is 0. The molecule has 10 nitrogen and oxygen atoms in total. The van der Waals surface area contributed by atoms with Gasteiger partial charge >= 0.3 is 0 Å². The van der Waals surface area contributed by atoms with Crippen molar-refractivity contribution in [3.63, 3.8) is 0 Å². The zero-order valence-electron chi connectivity index (χ0n) is 34.8. The van der Waals surface area contributed by atoms with Crippen molar-refractivity contribution in [2.24, 2.45) is 0 Å². The van der Waals surface area contributed by atoms with E-state index in [1.807, 2.05) is 54.6 Å². The lowest BCUT2D eigenvalue weighted by Gasteiger charge is -2.36. The highest BCUT2D eigenvalue weighted by Gasteiger charge is 2.37. The third kappa shape index (κ3) is 22.8. The minimum absolute atomic E-state index is 0.420. The number of unbranched alkanes of at least 4 members (excludes halogenated alkanes) is 7. The summed E-state index contributed by atoms with van der Waals surface area (Å²) in [5, 5.41) is 0. The van der Waals surface area contributed by atoms with Crippen molar-refractivity contribution in [2.75, 3.05) is 126 Å². The Balaban J connectivity index is 1.03. The zero-order chi connectivity index (χ0) is 40.0. The molecule has 3 aromatic carbocycles. The Hall–Kier alpha value is -2.74. The van der Waals surface area contributed by atoms with Crippen molar-refractivity contribution >= 4 is 0 Å². The van der Waals surface area contributed by atoms with Crippen LogP contribution in [-0.2, 0) is 53.0 Å². The lowest BCUT2D eigenvalue weighted by Crippen LogP contribution is -2.34. The summed E-state index contributed by atoms with van der Waals surface area (Å²) in [6, 6.07) is 31.1. The molecular formula is C47H72O10.